The Kier molecular flexibility index (Phi) is 5.20. The van der Waals surface area contributed by atoms with Gasteiger partial charge >= 0.3 is 5.97 Å². The standard InChI is InChI=1S/C17H26N2O4/c1-2-3-7-16(20)23-12-8-9-14-13(11-12)17(21)18-19(14)15-6-4-5-10-22-15/h12,15H,2-11H2,1H3,(H,18,21). The van der Waals surface area contributed by atoms with Gasteiger partial charge in [-0.25, -0.2) is 0 Å². The molecule has 0 amide bonds. The van der Waals surface area contributed by atoms with Crippen LogP contribution in [0.3, 0.4) is 0 Å². The molecule has 1 aliphatic carbocycles. The van der Waals surface area contributed by atoms with E-state index in [4.69, 9.17) is 9.47 Å². The molecule has 0 bridgehead atoms. The molecule has 1 N–H and O–H groups in total. The lowest BCUT2D eigenvalue weighted by molar-refractivity contribution is -0.149. The molecular weight excluding hydrogens is 296 g/mol. The van der Waals surface area contributed by atoms with E-state index in [-0.39, 0.29) is 23.9 Å². The first-order valence-electron chi connectivity index (χ1n) is 8.82. The molecule has 23 heavy (non-hydrogen) atoms. The molecule has 0 spiro atoms. The van der Waals surface area contributed by atoms with Crippen molar-refractivity contribution < 1.29 is 14.3 Å². The number of H-pyrrole nitrogens is 1. The molecule has 2 heterocycles. The monoisotopic (exact) mass is 322 g/mol. The summed E-state index contributed by atoms with van der Waals surface area (Å²) >= 11 is 0. The van der Waals surface area contributed by atoms with Crippen molar-refractivity contribution in [1.29, 1.82) is 0 Å². The van der Waals surface area contributed by atoms with Gasteiger partial charge in [0.15, 0.2) is 0 Å². The van der Waals surface area contributed by atoms with E-state index < -0.39 is 0 Å². The average molecular weight is 322 g/mol. The molecular formula is C17H26N2O4. The lowest BCUT2D eigenvalue weighted by Gasteiger charge is -2.28. The van der Waals surface area contributed by atoms with Gasteiger partial charge in [-0.05, 0) is 38.5 Å². The minimum Gasteiger partial charge on any atom is -0.462 e. The zero-order valence-electron chi connectivity index (χ0n) is 13.8. The number of carbonyl (C=O) groups is 1. The number of carbonyl (C=O) groups excluding carboxylic acids is 1. The third-order valence-electron chi connectivity index (χ3n) is 4.75. The van der Waals surface area contributed by atoms with Crippen molar-refractivity contribution >= 4 is 5.97 Å². The molecule has 6 nitrogen and oxygen atoms in total. The lowest BCUT2D eigenvalue weighted by Crippen LogP contribution is -2.28. The number of esters is 1. The first-order chi connectivity index (χ1) is 11.2. The highest BCUT2D eigenvalue weighted by molar-refractivity contribution is 5.69. The predicted octanol–water partition coefficient (Wildman–Crippen LogP) is 2.47. The van der Waals surface area contributed by atoms with Gasteiger partial charge in [0.05, 0.1) is 0 Å². The number of aromatic amines is 1. The van der Waals surface area contributed by atoms with Crippen molar-refractivity contribution in [3.8, 4) is 0 Å². The molecule has 0 saturated carbocycles. The zero-order valence-corrected chi connectivity index (χ0v) is 13.8. The Morgan fingerprint density at radius 1 is 1.39 bits per heavy atom. The molecule has 2 unspecified atom stereocenters. The minimum atomic E-state index is -0.170. The zero-order chi connectivity index (χ0) is 16.2. The van der Waals surface area contributed by atoms with Crippen molar-refractivity contribution in [3.63, 3.8) is 0 Å². The number of ether oxygens (including phenoxy) is 2. The minimum absolute atomic E-state index is 0.0520. The van der Waals surface area contributed by atoms with Gasteiger partial charge in [0.1, 0.15) is 12.3 Å². The summed E-state index contributed by atoms with van der Waals surface area (Å²) in [6, 6.07) is 0. The highest BCUT2D eigenvalue weighted by Crippen LogP contribution is 2.28. The highest BCUT2D eigenvalue weighted by atomic mass is 16.5. The fraction of sp³-hybridized carbons (Fsp3) is 0.765. The maximum atomic E-state index is 12.3. The van der Waals surface area contributed by atoms with Crippen molar-refractivity contribution in [2.75, 3.05) is 6.61 Å². The molecule has 2 aliphatic rings. The van der Waals surface area contributed by atoms with Crippen LogP contribution in [-0.2, 0) is 27.1 Å². The van der Waals surface area contributed by atoms with E-state index in [2.05, 4.69) is 12.0 Å². The van der Waals surface area contributed by atoms with Crippen LogP contribution in [0.4, 0.5) is 0 Å². The summed E-state index contributed by atoms with van der Waals surface area (Å²) in [7, 11) is 0. The molecule has 2 atom stereocenters. The van der Waals surface area contributed by atoms with E-state index in [9.17, 15) is 9.59 Å². The third kappa shape index (κ3) is 3.68. The number of fused-ring (bicyclic) bond motifs is 1. The van der Waals surface area contributed by atoms with Crippen molar-refractivity contribution in [1.82, 2.24) is 9.78 Å². The van der Waals surface area contributed by atoms with Crippen LogP contribution in [0.5, 0.6) is 0 Å². The van der Waals surface area contributed by atoms with Crippen LogP contribution in [0.1, 0.15) is 69.4 Å². The number of hydrogen-bond acceptors (Lipinski definition) is 4. The lowest BCUT2D eigenvalue weighted by atomic mass is 9.95. The van der Waals surface area contributed by atoms with Gasteiger partial charge in [0, 0.05) is 30.7 Å². The maximum absolute atomic E-state index is 12.3. The number of aromatic nitrogens is 2. The average Bonchev–Trinajstić information content (AvgIpc) is 2.90. The SMILES string of the molecule is CCCCC(=O)OC1CCc2c(c(=O)[nH]n2C2CCCCO2)C1. The first-order valence-corrected chi connectivity index (χ1v) is 8.82. The van der Waals surface area contributed by atoms with Crippen molar-refractivity contribution in [3.05, 3.63) is 21.6 Å². The molecule has 1 aromatic rings. The molecule has 6 heteroatoms. The first kappa shape index (κ1) is 16.3. The van der Waals surface area contributed by atoms with Crippen molar-refractivity contribution in [2.45, 2.75) is 77.0 Å². The number of rotatable bonds is 5. The van der Waals surface area contributed by atoms with Crippen LogP contribution >= 0.6 is 0 Å². The Morgan fingerprint density at radius 3 is 3.00 bits per heavy atom. The number of unbranched alkanes of at least 4 members (excludes halogenated alkanes) is 1. The summed E-state index contributed by atoms with van der Waals surface area (Å²) < 4.78 is 13.2. The molecule has 1 aliphatic heterocycles. The second kappa shape index (κ2) is 7.34. The van der Waals surface area contributed by atoms with E-state index in [1.807, 2.05) is 4.68 Å². The van der Waals surface area contributed by atoms with Crippen LogP contribution in [0.15, 0.2) is 4.79 Å². The van der Waals surface area contributed by atoms with E-state index >= 15 is 0 Å². The van der Waals surface area contributed by atoms with E-state index in [1.54, 1.807) is 0 Å². The highest BCUT2D eigenvalue weighted by Gasteiger charge is 2.30. The summed E-state index contributed by atoms with van der Waals surface area (Å²) in [5.74, 6) is -0.147. The fourth-order valence-corrected chi connectivity index (χ4v) is 3.47. The van der Waals surface area contributed by atoms with Crippen LogP contribution < -0.4 is 5.56 Å². The van der Waals surface area contributed by atoms with Gasteiger partial charge in [0.2, 0.25) is 0 Å². The second-order valence-electron chi connectivity index (χ2n) is 6.52. The van der Waals surface area contributed by atoms with Crippen LogP contribution in [0.25, 0.3) is 0 Å². The van der Waals surface area contributed by atoms with E-state index in [0.717, 1.165) is 62.8 Å². The summed E-state index contributed by atoms with van der Waals surface area (Å²) in [5.41, 5.74) is 1.73. The van der Waals surface area contributed by atoms with Gasteiger partial charge in [-0.1, -0.05) is 13.3 Å². The smallest absolute Gasteiger partial charge is 0.306 e. The molecule has 3 rings (SSSR count). The van der Waals surface area contributed by atoms with Gasteiger partial charge in [-0.3, -0.25) is 19.4 Å². The molecule has 1 saturated heterocycles. The van der Waals surface area contributed by atoms with Crippen molar-refractivity contribution in [2.24, 2.45) is 0 Å². The topological polar surface area (TPSA) is 73.3 Å². The Labute approximate surface area is 136 Å². The van der Waals surface area contributed by atoms with Gasteiger partial charge < -0.3 is 9.47 Å². The number of hydrogen-bond donors (Lipinski definition) is 1. The predicted molar refractivity (Wildman–Crippen MR) is 85.3 cm³/mol. The third-order valence-corrected chi connectivity index (χ3v) is 4.75. The van der Waals surface area contributed by atoms with E-state index in [1.165, 1.54) is 0 Å². The van der Waals surface area contributed by atoms with Gasteiger partial charge in [-0.2, -0.15) is 0 Å². The Bertz CT molecular complexity index is 598. The van der Waals surface area contributed by atoms with Crippen LogP contribution in [0, 0.1) is 0 Å². The maximum Gasteiger partial charge on any atom is 0.306 e. The van der Waals surface area contributed by atoms with Crippen LogP contribution in [0.2, 0.25) is 0 Å². The molecule has 1 fully saturated rings. The van der Waals surface area contributed by atoms with E-state index in [0.29, 0.717) is 12.8 Å². The fourth-order valence-electron chi connectivity index (χ4n) is 3.47. The summed E-state index contributed by atoms with van der Waals surface area (Å²) in [6.07, 6.45) is 7.26. The molecule has 0 aromatic carbocycles. The number of nitrogens with one attached hydrogen (secondary N) is 1. The summed E-state index contributed by atoms with van der Waals surface area (Å²) in [5, 5.41) is 2.93. The van der Waals surface area contributed by atoms with Crippen LogP contribution in [-0.4, -0.2) is 28.5 Å². The molecule has 1 aromatic heterocycles. The summed E-state index contributed by atoms with van der Waals surface area (Å²) in [6.45, 7) is 2.80. The second-order valence-corrected chi connectivity index (χ2v) is 6.52. The van der Waals surface area contributed by atoms with Gasteiger partial charge in [-0.15, -0.1) is 0 Å². The largest absolute Gasteiger partial charge is 0.462 e. The summed E-state index contributed by atoms with van der Waals surface area (Å²) in [4.78, 5) is 24.0. The quantitative estimate of drug-likeness (QED) is 0.845. The number of nitrogens with zero attached hydrogens (tertiary/aromatic N) is 1. The molecule has 128 valence electrons. The Hall–Kier alpha value is -1.56. The normalized spacial score (nSPS) is 24.2. The van der Waals surface area contributed by atoms with Gasteiger partial charge in [0.25, 0.3) is 5.56 Å². The molecule has 0 radical (unpaired) electrons. The Morgan fingerprint density at radius 2 is 2.26 bits per heavy atom. The Balaban J connectivity index is 1.68.